The number of rotatable bonds is 3. The maximum Gasteiger partial charge on any atom is 0.561 e. The molecule has 0 atom stereocenters. The first-order valence-corrected chi connectivity index (χ1v) is 13.5. The lowest BCUT2D eigenvalue weighted by atomic mass is 11.5. The van der Waals surface area contributed by atoms with E-state index in [1.165, 1.54) is 0 Å². The Morgan fingerprint density at radius 2 is 0.882 bits per heavy atom. The summed E-state index contributed by atoms with van der Waals surface area (Å²) < 4.78 is 105. The summed E-state index contributed by atoms with van der Waals surface area (Å²) >= 11 is 0. The molecule has 0 N–H and O–H groups in total. The molecule has 0 fully saturated rings. The Bertz CT molecular complexity index is 533. The Labute approximate surface area is 96.5 Å². The zero-order valence-corrected chi connectivity index (χ0v) is 12.3. The minimum atomic E-state index is -6.69. The second kappa shape index (κ2) is 3.93. The van der Waals surface area contributed by atoms with Gasteiger partial charge in [0, 0.05) is 18.8 Å². The molecule has 0 unspecified atom stereocenters. The van der Waals surface area contributed by atoms with Crippen LogP contribution in [0.5, 0.6) is 0 Å². The molecule has 13 heteroatoms. The van der Waals surface area contributed by atoms with Gasteiger partial charge in [-0.3, -0.25) is 0 Å². The van der Waals surface area contributed by atoms with Gasteiger partial charge in [0.1, 0.15) is 0 Å². The fourth-order valence-corrected chi connectivity index (χ4v) is 27.9. The van der Waals surface area contributed by atoms with Gasteiger partial charge in [-0.05, 0) is 0 Å². The second-order valence-corrected chi connectivity index (χ2v) is 24.2. The van der Waals surface area contributed by atoms with Gasteiger partial charge in [0.15, 0.2) is 27.9 Å². The highest BCUT2D eigenvalue weighted by molar-refractivity contribution is 8.73. The van der Waals surface area contributed by atoms with E-state index in [9.17, 15) is 38.4 Å². The molecule has 0 amide bonds. The van der Waals surface area contributed by atoms with E-state index in [1.54, 1.807) is 0 Å². The minimum absolute atomic E-state index is 0.0329. The van der Waals surface area contributed by atoms with Crippen LogP contribution in [-0.4, -0.2) is 55.3 Å². The van der Waals surface area contributed by atoms with Crippen LogP contribution in [0.15, 0.2) is 0 Å². The molecule has 0 bridgehead atoms. The SMILES string of the molecule is CS(=O)(=O)[Si](C(F)(F)F)(S(C)(=O)=O)S(C)(=O)=O. The molecular weight excluding hydrogens is 325 g/mol. The Balaban J connectivity index is 7.10. The van der Waals surface area contributed by atoms with Gasteiger partial charge < -0.3 is 0 Å². The van der Waals surface area contributed by atoms with E-state index >= 15 is 0 Å². The second-order valence-electron chi connectivity index (χ2n) is 3.37. The molecule has 0 spiro atoms. The van der Waals surface area contributed by atoms with Crippen LogP contribution in [0, 0.1) is 0 Å². The Kier molecular flexibility index (Phi) is 3.89. The smallest absolute Gasteiger partial charge is 0.234 e. The zero-order chi connectivity index (χ0) is 14.5. The van der Waals surface area contributed by atoms with Crippen LogP contribution < -0.4 is 0 Å². The predicted molar refractivity (Wildman–Crippen MR) is 56.3 cm³/mol. The summed E-state index contributed by atoms with van der Waals surface area (Å²) in [5.41, 5.74) is -6.69. The van der Waals surface area contributed by atoms with Crippen LogP contribution in [0.4, 0.5) is 13.2 Å². The van der Waals surface area contributed by atoms with Gasteiger partial charge in [-0.15, -0.1) is 0 Å². The van der Waals surface area contributed by atoms with Crippen molar-refractivity contribution in [3.63, 3.8) is 0 Å². The molecule has 0 aromatic carbocycles. The largest absolute Gasteiger partial charge is 0.561 e. The van der Waals surface area contributed by atoms with Crippen molar-refractivity contribution in [1.82, 2.24) is 0 Å². The number of hydrogen-bond donors (Lipinski definition) is 0. The third-order valence-electron chi connectivity index (χ3n) is 1.81. The molecule has 0 saturated carbocycles. The molecule has 0 rings (SSSR count). The molecule has 0 aliphatic rings. The van der Waals surface area contributed by atoms with E-state index in [4.69, 9.17) is 0 Å². The van der Waals surface area contributed by atoms with Crippen molar-refractivity contribution in [3.05, 3.63) is 0 Å². The van der Waals surface area contributed by atoms with Crippen LogP contribution in [0.2, 0.25) is 0 Å². The maximum atomic E-state index is 12.8. The number of alkyl halides is 3. The van der Waals surface area contributed by atoms with E-state index in [-0.39, 0.29) is 18.8 Å². The lowest BCUT2D eigenvalue weighted by Gasteiger charge is -2.26. The maximum absolute atomic E-state index is 12.8. The summed E-state index contributed by atoms with van der Waals surface area (Å²) in [5.74, 6) is -5.86. The molecule has 6 nitrogen and oxygen atoms in total. The van der Waals surface area contributed by atoms with E-state index < -0.39 is 39.2 Å². The molecule has 0 heterocycles. The molecule has 0 saturated heterocycles. The monoisotopic (exact) mass is 334 g/mol. The summed E-state index contributed by atoms with van der Waals surface area (Å²) in [4.78, 5) is 0. The van der Waals surface area contributed by atoms with Gasteiger partial charge in [0.25, 0.3) is 0 Å². The van der Waals surface area contributed by atoms with Crippen molar-refractivity contribution in [2.45, 2.75) is 5.80 Å². The fraction of sp³-hybridized carbons (Fsp3) is 1.00. The number of hydrogen-bond acceptors (Lipinski definition) is 6. The molecule has 0 radical (unpaired) electrons. The van der Waals surface area contributed by atoms with Crippen LogP contribution in [0.1, 0.15) is 0 Å². The normalized spacial score (nSPS) is 15.9. The lowest BCUT2D eigenvalue weighted by Crippen LogP contribution is -2.67. The van der Waals surface area contributed by atoms with Crippen LogP contribution >= 0.6 is 0 Å². The average molecular weight is 334 g/mol. The third kappa shape index (κ3) is 2.37. The van der Waals surface area contributed by atoms with Crippen molar-refractivity contribution in [2.75, 3.05) is 18.8 Å². The van der Waals surface area contributed by atoms with Crippen LogP contribution in [-0.2, 0) is 27.9 Å². The highest BCUT2D eigenvalue weighted by atomic mass is 32.8. The van der Waals surface area contributed by atoms with Gasteiger partial charge in [0.05, 0.1) is 0 Å². The molecular formula is C4H9F3O6S3Si. The Morgan fingerprint density at radius 3 is 0.882 bits per heavy atom. The molecule has 0 aromatic heterocycles. The standard InChI is InChI=1S/C4H9F3O6S3Si/c1-14(8,9)17(4(5,6)7,15(2,10)11)16(3,12)13/h1-3H3. The van der Waals surface area contributed by atoms with Crippen molar-refractivity contribution in [2.24, 2.45) is 0 Å². The first kappa shape index (κ1) is 16.9. The third-order valence-corrected chi connectivity index (χ3v) is 32.7. The van der Waals surface area contributed by atoms with Crippen LogP contribution in [0.3, 0.4) is 0 Å². The van der Waals surface area contributed by atoms with Crippen LogP contribution in [0.25, 0.3) is 0 Å². The summed E-state index contributed by atoms with van der Waals surface area (Å²) in [6.45, 7) is 0. The molecule has 0 aliphatic carbocycles. The highest BCUT2D eigenvalue weighted by Gasteiger charge is 2.82. The first-order valence-electron chi connectivity index (χ1n) is 3.65. The van der Waals surface area contributed by atoms with Gasteiger partial charge >= 0.3 is 11.3 Å². The van der Waals surface area contributed by atoms with Gasteiger partial charge in [-0.2, -0.15) is 13.2 Å². The van der Waals surface area contributed by atoms with E-state index in [2.05, 4.69) is 0 Å². The summed E-state index contributed by atoms with van der Waals surface area (Å²) in [6, 6.07) is 0. The quantitative estimate of drug-likeness (QED) is 0.624. The lowest BCUT2D eigenvalue weighted by molar-refractivity contribution is -0.0478. The van der Waals surface area contributed by atoms with E-state index in [0.29, 0.717) is 0 Å². The first-order chi connectivity index (χ1) is 7.00. The Hall–Kier alpha value is -0.143. The minimum Gasteiger partial charge on any atom is -0.234 e. The summed E-state index contributed by atoms with van der Waals surface area (Å²) in [5, 5.41) is 0. The van der Waals surface area contributed by atoms with Crippen molar-refractivity contribution in [1.29, 1.82) is 0 Å². The predicted octanol–water partition coefficient (Wildman–Crippen LogP) is -0.839. The molecule has 104 valence electrons. The van der Waals surface area contributed by atoms with Crippen molar-refractivity contribution in [3.8, 4) is 0 Å². The highest BCUT2D eigenvalue weighted by Crippen LogP contribution is 2.40. The molecule has 17 heavy (non-hydrogen) atoms. The van der Waals surface area contributed by atoms with Crippen molar-refractivity contribution < 1.29 is 38.4 Å². The van der Waals surface area contributed by atoms with E-state index in [0.717, 1.165) is 0 Å². The number of halogens is 3. The fourth-order valence-electron chi connectivity index (χ4n) is 1.46. The van der Waals surface area contributed by atoms with Gasteiger partial charge in [-0.1, -0.05) is 0 Å². The molecule has 0 aromatic rings. The zero-order valence-electron chi connectivity index (χ0n) is 8.81. The molecule has 0 aliphatic heterocycles. The Morgan fingerprint density at radius 1 is 0.706 bits per heavy atom. The van der Waals surface area contributed by atoms with Gasteiger partial charge in [-0.25, -0.2) is 25.3 Å². The topological polar surface area (TPSA) is 102 Å². The average Bonchev–Trinajstić information content (AvgIpc) is 1.67. The summed E-state index contributed by atoms with van der Waals surface area (Å²) in [7, 11) is -16.1. The van der Waals surface area contributed by atoms with Crippen molar-refractivity contribution >= 4 is 33.4 Å². The summed E-state index contributed by atoms with van der Waals surface area (Å²) in [6.07, 6.45) is -0.0988. The van der Waals surface area contributed by atoms with Gasteiger partial charge in [0.2, 0.25) is 0 Å². The van der Waals surface area contributed by atoms with E-state index in [1.807, 2.05) is 0 Å².